The number of thioether (sulfide) groups is 1. The Balaban J connectivity index is 1.67. The Labute approximate surface area is 201 Å². The van der Waals surface area contributed by atoms with E-state index in [-0.39, 0.29) is 33.4 Å². The summed E-state index contributed by atoms with van der Waals surface area (Å²) in [6.45, 7) is 3.67. The van der Waals surface area contributed by atoms with Gasteiger partial charge in [-0.15, -0.1) is 0 Å². The van der Waals surface area contributed by atoms with Crippen LogP contribution in [0.25, 0.3) is 11.7 Å². The number of hydrogen-bond donors (Lipinski definition) is 1. The molecule has 1 amide bonds. The molecule has 2 fully saturated rings. The van der Waals surface area contributed by atoms with Crippen LogP contribution in [0.5, 0.6) is 0 Å². The van der Waals surface area contributed by atoms with Gasteiger partial charge >= 0.3 is 0 Å². The molecule has 0 aliphatic carbocycles. The average Bonchev–Trinajstić information content (AvgIpc) is 3.27. The van der Waals surface area contributed by atoms with Crippen LogP contribution in [-0.4, -0.2) is 70.2 Å². The molecular weight excluding hydrogens is 484 g/mol. The van der Waals surface area contributed by atoms with Gasteiger partial charge in [-0.25, -0.2) is 13.4 Å². The fourth-order valence-corrected chi connectivity index (χ4v) is 6.88. The van der Waals surface area contributed by atoms with Crippen LogP contribution in [0, 0.1) is 0 Å². The summed E-state index contributed by atoms with van der Waals surface area (Å²) in [7, 11) is -3.18. The number of amides is 1. The standard InChI is InChI=1S/C21H24N4O5S3/c1-2-30-10-5-8-22-18-15(19(26)24-9-4-3-6-17(24)23-18)12-16-20(27)25(21(31)32-16)14-7-11-33(28,29)13-14/h3-4,6,9,12,14,22H,2,5,7-8,10-11,13H2,1H3/b16-12+. The highest BCUT2D eigenvalue weighted by atomic mass is 32.2. The molecule has 4 rings (SSSR count). The minimum atomic E-state index is -3.18. The molecule has 176 valence electrons. The zero-order valence-corrected chi connectivity index (χ0v) is 20.5. The molecule has 1 unspecified atom stereocenters. The molecule has 9 nitrogen and oxygen atoms in total. The molecule has 0 aromatic carbocycles. The van der Waals surface area contributed by atoms with Crippen molar-refractivity contribution >= 4 is 61.6 Å². The lowest BCUT2D eigenvalue weighted by Crippen LogP contribution is -2.39. The third kappa shape index (κ3) is 5.13. The number of thiocarbonyl (C=S) groups is 1. The molecule has 1 N–H and O–H groups in total. The second-order valence-electron chi connectivity index (χ2n) is 7.69. The van der Waals surface area contributed by atoms with Crippen LogP contribution < -0.4 is 10.9 Å². The molecule has 2 saturated heterocycles. The first-order valence-electron chi connectivity index (χ1n) is 10.6. The molecule has 1 atom stereocenters. The first-order chi connectivity index (χ1) is 15.8. The van der Waals surface area contributed by atoms with E-state index in [9.17, 15) is 18.0 Å². The third-order valence-electron chi connectivity index (χ3n) is 5.40. The smallest absolute Gasteiger partial charge is 0.267 e. The first-order valence-corrected chi connectivity index (χ1v) is 13.7. The van der Waals surface area contributed by atoms with E-state index >= 15 is 0 Å². The monoisotopic (exact) mass is 508 g/mol. The summed E-state index contributed by atoms with van der Waals surface area (Å²) in [6.07, 6.45) is 4.20. The second kappa shape index (κ2) is 9.92. The number of hydrogen-bond acceptors (Lipinski definition) is 9. The number of carbonyl (C=O) groups excluding carboxylic acids is 1. The average molecular weight is 509 g/mol. The van der Waals surface area contributed by atoms with E-state index in [4.69, 9.17) is 17.0 Å². The van der Waals surface area contributed by atoms with E-state index in [1.807, 2.05) is 6.92 Å². The minimum absolute atomic E-state index is 0.0412. The van der Waals surface area contributed by atoms with Gasteiger partial charge in [-0.1, -0.05) is 30.0 Å². The third-order valence-corrected chi connectivity index (χ3v) is 8.48. The largest absolute Gasteiger partial charge is 0.382 e. The number of carbonyl (C=O) groups is 1. The number of rotatable bonds is 8. The first kappa shape index (κ1) is 23.9. The Hall–Kier alpha value is -2.28. The van der Waals surface area contributed by atoms with Crippen LogP contribution >= 0.6 is 24.0 Å². The number of aromatic nitrogens is 2. The van der Waals surface area contributed by atoms with Gasteiger partial charge in [0.2, 0.25) is 0 Å². The van der Waals surface area contributed by atoms with Gasteiger partial charge in [0.05, 0.1) is 28.0 Å². The van der Waals surface area contributed by atoms with Crippen LogP contribution in [0.4, 0.5) is 5.82 Å². The van der Waals surface area contributed by atoms with E-state index in [1.54, 1.807) is 24.4 Å². The molecule has 2 aliphatic heterocycles. The number of sulfone groups is 1. The predicted molar refractivity (Wildman–Crippen MR) is 133 cm³/mol. The lowest BCUT2D eigenvalue weighted by atomic mass is 10.2. The highest BCUT2D eigenvalue weighted by Crippen LogP contribution is 2.36. The Kier molecular flexibility index (Phi) is 7.17. The van der Waals surface area contributed by atoms with Crippen LogP contribution in [0.3, 0.4) is 0 Å². The van der Waals surface area contributed by atoms with Gasteiger partial charge < -0.3 is 10.1 Å². The number of fused-ring (bicyclic) bond motifs is 1. The van der Waals surface area contributed by atoms with Crippen molar-refractivity contribution in [3.63, 3.8) is 0 Å². The summed E-state index contributed by atoms with van der Waals surface area (Å²) >= 11 is 6.45. The maximum atomic E-state index is 13.3. The minimum Gasteiger partial charge on any atom is -0.382 e. The van der Waals surface area contributed by atoms with Crippen molar-refractivity contribution in [2.45, 2.75) is 25.8 Å². The fourth-order valence-electron chi connectivity index (χ4n) is 3.80. The van der Waals surface area contributed by atoms with Crippen molar-refractivity contribution in [3.05, 3.63) is 45.2 Å². The molecule has 4 heterocycles. The van der Waals surface area contributed by atoms with E-state index in [1.165, 1.54) is 15.4 Å². The summed E-state index contributed by atoms with van der Waals surface area (Å²) < 4.78 is 30.9. The molecular formula is C21H24N4O5S3. The maximum absolute atomic E-state index is 13.3. The molecule has 0 radical (unpaired) electrons. The van der Waals surface area contributed by atoms with Crippen molar-refractivity contribution in [2.75, 3.05) is 36.6 Å². The van der Waals surface area contributed by atoms with Gasteiger partial charge in [-0.2, -0.15) is 0 Å². The van der Waals surface area contributed by atoms with Crippen molar-refractivity contribution in [2.24, 2.45) is 0 Å². The lowest BCUT2D eigenvalue weighted by molar-refractivity contribution is -0.123. The number of nitrogens with zero attached hydrogens (tertiary/aromatic N) is 3. The van der Waals surface area contributed by atoms with E-state index < -0.39 is 15.9 Å². The zero-order chi connectivity index (χ0) is 23.6. The Morgan fingerprint density at radius 1 is 1.36 bits per heavy atom. The fraction of sp³-hybridized carbons (Fsp3) is 0.429. The molecule has 0 saturated carbocycles. The van der Waals surface area contributed by atoms with Crippen molar-refractivity contribution in [3.8, 4) is 0 Å². The number of anilines is 1. The quantitative estimate of drug-likeness (QED) is 0.325. The molecule has 2 aliphatic rings. The number of pyridine rings is 1. The second-order valence-corrected chi connectivity index (χ2v) is 11.6. The summed E-state index contributed by atoms with van der Waals surface area (Å²) in [6, 6.07) is 4.78. The van der Waals surface area contributed by atoms with E-state index in [0.717, 1.165) is 18.2 Å². The topological polar surface area (TPSA) is 110 Å². The van der Waals surface area contributed by atoms with Crippen molar-refractivity contribution in [1.29, 1.82) is 0 Å². The normalized spacial score (nSPS) is 21.4. The summed E-state index contributed by atoms with van der Waals surface area (Å²) in [4.78, 5) is 32.6. The zero-order valence-electron chi connectivity index (χ0n) is 18.0. The van der Waals surface area contributed by atoms with Gasteiger partial charge in [0.1, 0.15) is 15.8 Å². The number of ether oxygens (including phenoxy) is 1. The molecule has 12 heteroatoms. The summed E-state index contributed by atoms with van der Waals surface area (Å²) in [5.41, 5.74) is 0.409. The van der Waals surface area contributed by atoms with Crippen molar-refractivity contribution < 1.29 is 17.9 Å². The van der Waals surface area contributed by atoms with Gasteiger partial charge in [0.25, 0.3) is 11.5 Å². The Morgan fingerprint density at radius 3 is 2.91 bits per heavy atom. The van der Waals surface area contributed by atoms with Crippen LogP contribution in [0.2, 0.25) is 0 Å². The van der Waals surface area contributed by atoms with Gasteiger partial charge in [0, 0.05) is 26.0 Å². The van der Waals surface area contributed by atoms with Crippen LogP contribution in [0.15, 0.2) is 34.1 Å². The Bertz CT molecular complexity index is 1290. The highest BCUT2D eigenvalue weighted by molar-refractivity contribution is 8.26. The molecule has 2 aromatic heterocycles. The van der Waals surface area contributed by atoms with Gasteiger partial charge in [-0.3, -0.25) is 18.9 Å². The molecule has 2 aromatic rings. The molecule has 0 spiro atoms. The SMILES string of the molecule is CCOCCCNc1nc2ccccn2c(=O)c1/C=C1/SC(=S)N(C2CCS(=O)(=O)C2)C1=O. The molecule has 33 heavy (non-hydrogen) atoms. The summed E-state index contributed by atoms with van der Waals surface area (Å²) in [5, 5.41) is 3.19. The van der Waals surface area contributed by atoms with Crippen LogP contribution in [0.1, 0.15) is 25.3 Å². The maximum Gasteiger partial charge on any atom is 0.267 e. The van der Waals surface area contributed by atoms with Gasteiger partial charge in [0.15, 0.2) is 9.84 Å². The van der Waals surface area contributed by atoms with Gasteiger partial charge in [-0.05, 0) is 38.0 Å². The highest BCUT2D eigenvalue weighted by Gasteiger charge is 2.42. The lowest BCUT2D eigenvalue weighted by Gasteiger charge is -2.20. The van der Waals surface area contributed by atoms with E-state index in [2.05, 4.69) is 10.3 Å². The predicted octanol–water partition coefficient (Wildman–Crippen LogP) is 1.92. The Morgan fingerprint density at radius 2 is 2.18 bits per heavy atom. The van der Waals surface area contributed by atoms with E-state index in [0.29, 0.717) is 42.0 Å². The van der Waals surface area contributed by atoms with Crippen molar-refractivity contribution in [1.82, 2.24) is 14.3 Å². The molecule has 0 bridgehead atoms. The number of nitrogens with one attached hydrogen (secondary N) is 1. The summed E-state index contributed by atoms with van der Waals surface area (Å²) in [5.74, 6) is -0.0672. The van der Waals surface area contributed by atoms with Crippen LogP contribution in [-0.2, 0) is 19.4 Å².